The van der Waals surface area contributed by atoms with E-state index in [2.05, 4.69) is 47.1 Å². The number of morpholine rings is 1. The van der Waals surface area contributed by atoms with Gasteiger partial charge in [-0.25, -0.2) is 0 Å². The van der Waals surface area contributed by atoms with Crippen molar-refractivity contribution in [2.24, 2.45) is 0 Å². The van der Waals surface area contributed by atoms with Gasteiger partial charge in [0.05, 0.1) is 13.2 Å². The van der Waals surface area contributed by atoms with Gasteiger partial charge in [0.1, 0.15) is 0 Å². The van der Waals surface area contributed by atoms with Crippen LogP contribution in [0.2, 0.25) is 0 Å². The van der Waals surface area contributed by atoms with Crippen LogP contribution in [0.1, 0.15) is 25.3 Å². The Balaban J connectivity index is 1.46. The van der Waals surface area contributed by atoms with E-state index in [1.54, 1.807) is 0 Å². The molecule has 2 fully saturated rings. The number of carbonyl (C=O) groups is 1. The van der Waals surface area contributed by atoms with E-state index in [0.29, 0.717) is 25.7 Å². The van der Waals surface area contributed by atoms with Crippen molar-refractivity contribution in [3.05, 3.63) is 35.9 Å². The molecule has 1 amide bonds. The van der Waals surface area contributed by atoms with Crippen LogP contribution in [0, 0.1) is 0 Å². The molecule has 2 aliphatic rings. The summed E-state index contributed by atoms with van der Waals surface area (Å²) in [6.07, 6.45) is 1.80. The fraction of sp³-hybridized carbons (Fsp3) is 0.650. The maximum absolute atomic E-state index is 12.4. The lowest BCUT2D eigenvalue weighted by atomic mass is 10.2. The van der Waals surface area contributed by atoms with Crippen molar-refractivity contribution in [2.45, 2.75) is 32.4 Å². The van der Waals surface area contributed by atoms with Crippen LogP contribution in [0.4, 0.5) is 0 Å². The molecule has 0 aliphatic carbocycles. The van der Waals surface area contributed by atoms with Crippen molar-refractivity contribution in [3.8, 4) is 0 Å². The van der Waals surface area contributed by atoms with Gasteiger partial charge in [-0.05, 0) is 32.0 Å². The number of hydrogen-bond donors (Lipinski definition) is 0. The van der Waals surface area contributed by atoms with E-state index in [9.17, 15) is 4.79 Å². The molecule has 25 heavy (non-hydrogen) atoms. The quantitative estimate of drug-likeness (QED) is 0.816. The molecule has 3 rings (SSSR count). The minimum atomic E-state index is 0.279. The molecule has 2 heterocycles. The number of hydrogen-bond acceptors (Lipinski definition) is 4. The largest absolute Gasteiger partial charge is 0.378 e. The second kappa shape index (κ2) is 9.32. The van der Waals surface area contributed by atoms with Gasteiger partial charge < -0.3 is 9.64 Å². The maximum atomic E-state index is 12.4. The summed E-state index contributed by atoms with van der Waals surface area (Å²) < 4.78 is 5.33. The van der Waals surface area contributed by atoms with Crippen LogP contribution >= 0.6 is 0 Å². The Morgan fingerprint density at radius 1 is 1.12 bits per heavy atom. The highest BCUT2D eigenvalue weighted by molar-refractivity contribution is 5.76. The molecule has 5 nitrogen and oxygen atoms in total. The van der Waals surface area contributed by atoms with Crippen LogP contribution in [0.15, 0.2) is 30.3 Å². The lowest BCUT2D eigenvalue weighted by Crippen LogP contribution is -2.44. The maximum Gasteiger partial charge on any atom is 0.224 e. The highest BCUT2D eigenvalue weighted by atomic mass is 16.5. The van der Waals surface area contributed by atoms with Crippen molar-refractivity contribution < 1.29 is 9.53 Å². The summed E-state index contributed by atoms with van der Waals surface area (Å²) >= 11 is 0. The first-order valence-electron chi connectivity index (χ1n) is 9.58. The van der Waals surface area contributed by atoms with Gasteiger partial charge in [-0.2, -0.15) is 0 Å². The minimum absolute atomic E-state index is 0.279. The molecule has 2 aliphatic heterocycles. The second-order valence-corrected chi connectivity index (χ2v) is 7.20. The Labute approximate surface area is 151 Å². The molecule has 0 bridgehead atoms. The van der Waals surface area contributed by atoms with Crippen molar-refractivity contribution in [2.75, 3.05) is 52.5 Å². The number of amides is 1. The zero-order valence-electron chi connectivity index (χ0n) is 15.4. The van der Waals surface area contributed by atoms with E-state index in [4.69, 9.17) is 4.74 Å². The molecule has 1 aromatic carbocycles. The van der Waals surface area contributed by atoms with Gasteiger partial charge in [0.25, 0.3) is 0 Å². The summed E-state index contributed by atoms with van der Waals surface area (Å²) in [6.45, 7) is 10.3. The molecule has 5 heteroatoms. The molecule has 0 spiro atoms. The van der Waals surface area contributed by atoms with E-state index < -0.39 is 0 Å². The van der Waals surface area contributed by atoms with Crippen LogP contribution < -0.4 is 0 Å². The molecule has 0 saturated carbocycles. The molecule has 2 saturated heterocycles. The minimum Gasteiger partial charge on any atom is -0.378 e. The standard InChI is InChI=1S/C20H31N3O2/c1-18-16-21(17-19-6-3-2-4-7-19)9-5-10-22(18)11-8-20(24)23-12-14-25-15-13-23/h2-4,6-7,18H,5,8-17H2,1H3/t18-/m0/s1. The number of rotatable bonds is 5. The lowest BCUT2D eigenvalue weighted by molar-refractivity contribution is -0.135. The number of nitrogens with zero attached hydrogens (tertiary/aromatic N) is 3. The summed E-state index contributed by atoms with van der Waals surface area (Å²) in [7, 11) is 0. The number of carbonyl (C=O) groups excluding carboxylic acids is 1. The normalized spacial score (nSPS) is 23.4. The van der Waals surface area contributed by atoms with Gasteiger partial charge in [-0.15, -0.1) is 0 Å². The van der Waals surface area contributed by atoms with Crippen molar-refractivity contribution in [1.82, 2.24) is 14.7 Å². The SMILES string of the molecule is C[C@H]1CN(Cc2ccccc2)CCCN1CCC(=O)N1CCOCC1. The summed E-state index contributed by atoms with van der Waals surface area (Å²) in [4.78, 5) is 19.4. The molecule has 0 N–H and O–H groups in total. The lowest BCUT2D eigenvalue weighted by Gasteiger charge is -2.31. The summed E-state index contributed by atoms with van der Waals surface area (Å²) in [5, 5.41) is 0. The van der Waals surface area contributed by atoms with Crippen LogP contribution in [-0.2, 0) is 16.1 Å². The smallest absolute Gasteiger partial charge is 0.224 e. The molecule has 0 unspecified atom stereocenters. The van der Waals surface area contributed by atoms with Gasteiger partial charge in [0.2, 0.25) is 5.91 Å². The summed E-state index contributed by atoms with van der Waals surface area (Å²) in [5.41, 5.74) is 1.38. The first-order valence-corrected chi connectivity index (χ1v) is 9.58. The Hall–Kier alpha value is -1.43. The molecule has 138 valence electrons. The third kappa shape index (κ3) is 5.53. The van der Waals surface area contributed by atoms with Crippen LogP contribution in [0.3, 0.4) is 0 Å². The molecular formula is C20H31N3O2. The predicted octanol–water partition coefficient (Wildman–Crippen LogP) is 1.83. The van der Waals surface area contributed by atoms with Crippen molar-refractivity contribution in [1.29, 1.82) is 0 Å². The first-order chi connectivity index (χ1) is 12.2. The average Bonchev–Trinajstić information content (AvgIpc) is 2.82. The molecule has 0 aromatic heterocycles. The Morgan fingerprint density at radius 2 is 1.88 bits per heavy atom. The average molecular weight is 345 g/mol. The number of benzene rings is 1. The van der Waals surface area contributed by atoms with E-state index in [-0.39, 0.29) is 5.91 Å². The van der Waals surface area contributed by atoms with Crippen LogP contribution in [-0.4, -0.2) is 79.1 Å². The summed E-state index contributed by atoms with van der Waals surface area (Å²) in [6, 6.07) is 11.2. The topological polar surface area (TPSA) is 36.0 Å². The predicted molar refractivity (Wildman–Crippen MR) is 99.4 cm³/mol. The van der Waals surface area contributed by atoms with Crippen LogP contribution in [0.25, 0.3) is 0 Å². The van der Waals surface area contributed by atoms with Crippen molar-refractivity contribution >= 4 is 5.91 Å². The van der Waals surface area contributed by atoms with Crippen molar-refractivity contribution in [3.63, 3.8) is 0 Å². The fourth-order valence-corrected chi connectivity index (χ4v) is 3.83. The van der Waals surface area contributed by atoms with E-state index in [1.807, 2.05) is 4.90 Å². The highest BCUT2D eigenvalue weighted by Gasteiger charge is 2.23. The second-order valence-electron chi connectivity index (χ2n) is 7.20. The Bertz CT molecular complexity index is 531. The number of ether oxygens (including phenoxy) is 1. The van der Waals surface area contributed by atoms with Gasteiger partial charge >= 0.3 is 0 Å². The molecular weight excluding hydrogens is 314 g/mol. The van der Waals surface area contributed by atoms with Gasteiger partial charge in [-0.1, -0.05) is 30.3 Å². The van der Waals surface area contributed by atoms with Gasteiger partial charge in [0.15, 0.2) is 0 Å². The third-order valence-corrected chi connectivity index (χ3v) is 5.29. The highest BCUT2D eigenvalue weighted by Crippen LogP contribution is 2.14. The molecule has 0 radical (unpaired) electrons. The van der Waals surface area contributed by atoms with Gasteiger partial charge in [-0.3, -0.25) is 14.6 Å². The third-order valence-electron chi connectivity index (χ3n) is 5.29. The Morgan fingerprint density at radius 3 is 2.64 bits per heavy atom. The fourth-order valence-electron chi connectivity index (χ4n) is 3.83. The summed E-state index contributed by atoms with van der Waals surface area (Å²) in [5.74, 6) is 0.279. The first kappa shape index (κ1) is 18.4. The van der Waals surface area contributed by atoms with E-state index >= 15 is 0 Å². The monoisotopic (exact) mass is 345 g/mol. The molecule has 1 aromatic rings. The van der Waals surface area contributed by atoms with E-state index in [1.165, 1.54) is 12.0 Å². The van der Waals surface area contributed by atoms with Crippen LogP contribution in [0.5, 0.6) is 0 Å². The van der Waals surface area contributed by atoms with Gasteiger partial charge in [0, 0.05) is 45.2 Å². The molecule has 1 atom stereocenters. The zero-order valence-corrected chi connectivity index (χ0v) is 15.4. The zero-order chi connectivity index (χ0) is 17.5. The Kier molecular flexibility index (Phi) is 6.84. The van der Waals surface area contributed by atoms with E-state index in [0.717, 1.165) is 45.8 Å².